The zero-order chi connectivity index (χ0) is 13.9. The molecule has 0 aliphatic carbocycles. The van der Waals surface area contributed by atoms with Crippen molar-refractivity contribution in [3.05, 3.63) is 17.0 Å². The molecular weight excluding hydrogens is 256 g/mol. The largest absolute Gasteiger partial charge is 0.481 e. The molecule has 0 aromatic carbocycles. The number of rotatable bonds is 5. The maximum absolute atomic E-state index is 11.7. The third-order valence-electron chi connectivity index (χ3n) is 2.37. The third kappa shape index (κ3) is 3.30. The van der Waals surface area contributed by atoms with E-state index in [1.165, 1.54) is 19.9 Å². The van der Waals surface area contributed by atoms with Gasteiger partial charge in [0.05, 0.1) is 11.0 Å². The molecule has 0 bridgehead atoms. The van der Waals surface area contributed by atoms with Gasteiger partial charge in [-0.25, -0.2) is 0 Å². The second-order valence-corrected chi connectivity index (χ2v) is 5.36. The van der Waals surface area contributed by atoms with Crippen LogP contribution in [0, 0.1) is 5.41 Å². The standard InChI is InChI=1S/C11H14N2O4S/c1-11(2,10(16)17)5-7(14)13-9-6(8(12)15)3-4-18-9/h3-4H,5H2,1-2H3,(H2,12,15)(H,13,14)(H,16,17). The summed E-state index contributed by atoms with van der Waals surface area (Å²) in [7, 11) is 0. The quantitative estimate of drug-likeness (QED) is 0.748. The van der Waals surface area contributed by atoms with Crippen molar-refractivity contribution in [2.24, 2.45) is 11.1 Å². The molecule has 0 unspecified atom stereocenters. The van der Waals surface area contributed by atoms with Gasteiger partial charge in [-0.15, -0.1) is 11.3 Å². The average Bonchev–Trinajstić information content (AvgIpc) is 2.64. The van der Waals surface area contributed by atoms with Crippen LogP contribution in [-0.4, -0.2) is 22.9 Å². The van der Waals surface area contributed by atoms with Crippen molar-refractivity contribution in [1.29, 1.82) is 0 Å². The van der Waals surface area contributed by atoms with Crippen LogP contribution in [0.3, 0.4) is 0 Å². The highest BCUT2D eigenvalue weighted by atomic mass is 32.1. The van der Waals surface area contributed by atoms with E-state index >= 15 is 0 Å². The molecule has 0 fully saturated rings. The van der Waals surface area contributed by atoms with Crippen LogP contribution < -0.4 is 11.1 Å². The first kappa shape index (κ1) is 14.2. The van der Waals surface area contributed by atoms with Crippen molar-refractivity contribution in [2.75, 3.05) is 5.32 Å². The van der Waals surface area contributed by atoms with Crippen LogP contribution in [0.2, 0.25) is 0 Å². The van der Waals surface area contributed by atoms with Crippen LogP contribution in [0.4, 0.5) is 5.00 Å². The fraction of sp³-hybridized carbons (Fsp3) is 0.364. The maximum atomic E-state index is 11.7. The van der Waals surface area contributed by atoms with Crippen molar-refractivity contribution >= 4 is 34.1 Å². The first-order valence-electron chi connectivity index (χ1n) is 5.14. The Bertz CT molecular complexity index is 493. The Labute approximate surface area is 108 Å². The summed E-state index contributed by atoms with van der Waals surface area (Å²) in [4.78, 5) is 33.6. The van der Waals surface area contributed by atoms with Crippen LogP contribution in [0.15, 0.2) is 11.4 Å². The molecule has 0 atom stereocenters. The molecule has 2 amide bonds. The van der Waals surface area contributed by atoms with E-state index in [1.54, 1.807) is 5.38 Å². The molecule has 6 nitrogen and oxygen atoms in total. The van der Waals surface area contributed by atoms with E-state index in [4.69, 9.17) is 10.8 Å². The van der Waals surface area contributed by atoms with Gasteiger partial charge < -0.3 is 16.2 Å². The lowest BCUT2D eigenvalue weighted by Gasteiger charge is -2.17. The van der Waals surface area contributed by atoms with Crippen molar-refractivity contribution in [3.8, 4) is 0 Å². The van der Waals surface area contributed by atoms with Gasteiger partial charge in [-0.3, -0.25) is 14.4 Å². The van der Waals surface area contributed by atoms with Crippen molar-refractivity contribution in [2.45, 2.75) is 20.3 Å². The zero-order valence-corrected chi connectivity index (χ0v) is 10.8. The Kier molecular flexibility index (Phi) is 4.07. The molecule has 7 heteroatoms. The maximum Gasteiger partial charge on any atom is 0.309 e. The van der Waals surface area contributed by atoms with E-state index in [2.05, 4.69) is 5.32 Å². The first-order valence-corrected chi connectivity index (χ1v) is 6.02. The van der Waals surface area contributed by atoms with E-state index in [9.17, 15) is 14.4 Å². The molecule has 18 heavy (non-hydrogen) atoms. The number of carboxylic acid groups (broad SMARTS) is 1. The predicted molar refractivity (Wildman–Crippen MR) is 67.5 cm³/mol. The van der Waals surface area contributed by atoms with Gasteiger partial charge in [-0.1, -0.05) is 0 Å². The summed E-state index contributed by atoms with van der Waals surface area (Å²) in [6.07, 6.45) is -0.182. The lowest BCUT2D eigenvalue weighted by atomic mass is 9.89. The average molecular weight is 270 g/mol. The van der Waals surface area contributed by atoms with Crippen LogP contribution in [0.25, 0.3) is 0 Å². The number of anilines is 1. The molecule has 1 aromatic heterocycles. The molecule has 1 aromatic rings. The Morgan fingerprint density at radius 1 is 1.44 bits per heavy atom. The fourth-order valence-electron chi connectivity index (χ4n) is 1.25. The molecule has 0 aliphatic heterocycles. The van der Waals surface area contributed by atoms with Crippen LogP contribution in [-0.2, 0) is 9.59 Å². The molecule has 0 aliphatic rings. The minimum atomic E-state index is -1.16. The molecule has 0 radical (unpaired) electrons. The molecule has 0 saturated carbocycles. The highest BCUT2D eigenvalue weighted by Crippen LogP contribution is 2.25. The number of carbonyl (C=O) groups is 3. The molecule has 1 rings (SSSR count). The van der Waals surface area contributed by atoms with Gasteiger partial charge in [-0.05, 0) is 25.3 Å². The van der Waals surface area contributed by atoms with Crippen molar-refractivity contribution in [3.63, 3.8) is 0 Å². The summed E-state index contributed by atoms with van der Waals surface area (Å²) in [5.41, 5.74) is 4.20. The van der Waals surface area contributed by atoms with Crippen LogP contribution in [0.5, 0.6) is 0 Å². The van der Waals surface area contributed by atoms with E-state index in [0.29, 0.717) is 5.00 Å². The molecular formula is C11H14N2O4S. The molecule has 0 spiro atoms. The normalized spacial score (nSPS) is 11.0. The monoisotopic (exact) mass is 270 g/mol. The minimum absolute atomic E-state index is 0.182. The van der Waals surface area contributed by atoms with Gasteiger partial charge in [0.25, 0.3) is 5.91 Å². The summed E-state index contributed by atoms with van der Waals surface area (Å²) in [5, 5.41) is 13.4. The smallest absolute Gasteiger partial charge is 0.309 e. The Morgan fingerprint density at radius 3 is 2.56 bits per heavy atom. The van der Waals surface area contributed by atoms with Gasteiger partial charge in [0.15, 0.2) is 0 Å². The summed E-state index contributed by atoms with van der Waals surface area (Å²) in [6, 6.07) is 1.50. The number of nitrogens with one attached hydrogen (secondary N) is 1. The second kappa shape index (κ2) is 5.18. The zero-order valence-electron chi connectivity index (χ0n) is 10.0. The SMILES string of the molecule is CC(C)(CC(=O)Nc1sccc1C(N)=O)C(=O)O. The molecule has 1 heterocycles. The number of aliphatic carboxylic acids is 1. The summed E-state index contributed by atoms with van der Waals surface area (Å²) in [5.74, 6) is -2.16. The lowest BCUT2D eigenvalue weighted by Crippen LogP contribution is -2.29. The highest BCUT2D eigenvalue weighted by molar-refractivity contribution is 7.14. The molecule has 4 N–H and O–H groups in total. The minimum Gasteiger partial charge on any atom is -0.481 e. The van der Waals surface area contributed by atoms with Crippen molar-refractivity contribution < 1.29 is 19.5 Å². The number of hydrogen-bond donors (Lipinski definition) is 3. The lowest BCUT2D eigenvalue weighted by molar-refractivity contribution is -0.148. The number of carbonyl (C=O) groups excluding carboxylic acids is 2. The third-order valence-corrected chi connectivity index (χ3v) is 3.19. The van der Waals surface area contributed by atoms with Gasteiger partial charge >= 0.3 is 5.97 Å². The summed E-state index contributed by atoms with van der Waals surface area (Å²) < 4.78 is 0. The number of amides is 2. The number of hydrogen-bond acceptors (Lipinski definition) is 4. The first-order chi connectivity index (χ1) is 8.24. The number of primary amides is 1. The highest BCUT2D eigenvalue weighted by Gasteiger charge is 2.30. The summed E-state index contributed by atoms with van der Waals surface area (Å²) in [6.45, 7) is 2.91. The second-order valence-electron chi connectivity index (χ2n) is 4.44. The topological polar surface area (TPSA) is 109 Å². The molecule has 98 valence electrons. The Balaban J connectivity index is 2.74. The summed E-state index contributed by atoms with van der Waals surface area (Å²) >= 11 is 1.16. The van der Waals surface area contributed by atoms with Gasteiger partial charge in [0.1, 0.15) is 5.00 Å². The van der Waals surface area contributed by atoms with Crippen molar-refractivity contribution in [1.82, 2.24) is 0 Å². The number of thiophene rings is 1. The van der Waals surface area contributed by atoms with Gasteiger partial charge in [0, 0.05) is 6.42 Å². The van der Waals surface area contributed by atoms with Gasteiger partial charge in [-0.2, -0.15) is 0 Å². The predicted octanol–water partition coefficient (Wildman–Crippen LogP) is 1.29. The van der Waals surface area contributed by atoms with Crippen LogP contribution >= 0.6 is 11.3 Å². The van der Waals surface area contributed by atoms with E-state index < -0.39 is 23.2 Å². The van der Waals surface area contributed by atoms with E-state index in [1.807, 2.05) is 0 Å². The fourth-order valence-corrected chi connectivity index (χ4v) is 2.06. The van der Waals surface area contributed by atoms with Gasteiger partial charge in [0.2, 0.25) is 5.91 Å². The Morgan fingerprint density at radius 2 is 2.06 bits per heavy atom. The Hall–Kier alpha value is -1.89. The van der Waals surface area contributed by atoms with E-state index in [-0.39, 0.29) is 12.0 Å². The molecule has 0 saturated heterocycles. The van der Waals surface area contributed by atoms with Crippen LogP contribution in [0.1, 0.15) is 30.6 Å². The number of nitrogens with two attached hydrogens (primary N) is 1. The van der Waals surface area contributed by atoms with E-state index in [0.717, 1.165) is 11.3 Å². The number of carboxylic acids is 1.